The van der Waals surface area contributed by atoms with Crippen molar-refractivity contribution < 1.29 is 23.8 Å². The van der Waals surface area contributed by atoms with Crippen molar-refractivity contribution in [1.29, 1.82) is 0 Å². The van der Waals surface area contributed by atoms with Gasteiger partial charge in [-0.2, -0.15) is 0 Å². The maximum Gasteiger partial charge on any atom is 0.328 e. The monoisotopic (exact) mass is 404 g/mol. The van der Waals surface area contributed by atoms with Crippen molar-refractivity contribution in [3.8, 4) is 11.5 Å². The number of hydrogen-bond acceptors (Lipinski definition) is 5. The lowest BCUT2D eigenvalue weighted by molar-refractivity contribution is -0.153. The molecule has 0 aliphatic carbocycles. The Kier molecular flexibility index (Phi) is 4.24. The first-order valence-electron chi connectivity index (χ1n) is 9.64. The van der Waals surface area contributed by atoms with Gasteiger partial charge in [0.1, 0.15) is 6.04 Å². The first-order valence-corrected chi connectivity index (χ1v) is 9.64. The normalized spacial score (nSPS) is 19.4. The zero-order valence-electron chi connectivity index (χ0n) is 16.4. The number of methoxy groups -OCH3 is 1. The molecule has 7 heteroatoms. The highest BCUT2D eigenvalue weighted by Gasteiger charge is 2.43. The number of aromatic nitrogens is 1. The van der Waals surface area contributed by atoms with Crippen LogP contribution >= 0.6 is 0 Å². The number of rotatable bonds is 3. The molecule has 0 radical (unpaired) electrons. The van der Waals surface area contributed by atoms with E-state index in [0.29, 0.717) is 17.9 Å². The van der Waals surface area contributed by atoms with Gasteiger partial charge in [-0.25, -0.2) is 4.79 Å². The lowest BCUT2D eigenvalue weighted by atomic mass is 9.87. The molecule has 0 bridgehead atoms. The molecule has 0 saturated heterocycles. The first-order chi connectivity index (χ1) is 14.6. The number of fused-ring (bicyclic) bond motifs is 4. The molecular weight excluding hydrogens is 384 g/mol. The summed E-state index contributed by atoms with van der Waals surface area (Å²) in [5.41, 5.74) is 3.61. The van der Waals surface area contributed by atoms with Gasteiger partial charge in [-0.3, -0.25) is 4.79 Å². The second-order valence-corrected chi connectivity index (χ2v) is 7.27. The number of amides is 1. The van der Waals surface area contributed by atoms with Crippen LogP contribution in [-0.2, 0) is 20.7 Å². The lowest BCUT2D eigenvalue weighted by Gasteiger charge is -2.40. The molecule has 0 saturated carbocycles. The number of carbonyl (C=O) groups excluding carboxylic acids is 2. The zero-order chi connectivity index (χ0) is 20.8. The average Bonchev–Trinajstić information content (AvgIpc) is 3.40. The smallest absolute Gasteiger partial charge is 0.328 e. The van der Waals surface area contributed by atoms with E-state index < -0.39 is 18.1 Å². The molecule has 30 heavy (non-hydrogen) atoms. The van der Waals surface area contributed by atoms with Crippen LogP contribution in [0.25, 0.3) is 10.9 Å². The predicted octanol–water partition coefficient (Wildman–Crippen LogP) is 3.10. The summed E-state index contributed by atoms with van der Waals surface area (Å²) in [5.74, 6) is 0.443. The summed E-state index contributed by atoms with van der Waals surface area (Å²) in [6.07, 6.45) is 1.58. The molecule has 1 N–H and O–H groups in total. The van der Waals surface area contributed by atoms with E-state index in [1.807, 2.05) is 42.5 Å². The molecule has 2 aromatic carbocycles. The molecule has 5 rings (SSSR count). The second kappa shape index (κ2) is 6.95. The molecule has 152 valence electrons. The van der Waals surface area contributed by atoms with Crippen molar-refractivity contribution >= 4 is 22.8 Å². The van der Waals surface area contributed by atoms with E-state index in [0.717, 1.165) is 27.7 Å². The lowest BCUT2D eigenvalue weighted by Crippen LogP contribution is -2.51. The minimum atomic E-state index is -0.775. The summed E-state index contributed by atoms with van der Waals surface area (Å²) < 4.78 is 16.0. The van der Waals surface area contributed by atoms with Gasteiger partial charge in [-0.1, -0.05) is 30.8 Å². The van der Waals surface area contributed by atoms with Crippen LogP contribution in [0.1, 0.15) is 22.9 Å². The minimum Gasteiger partial charge on any atom is -0.467 e. The highest BCUT2D eigenvalue weighted by atomic mass is 16.7. The first kappa shape index (κ1) is 18.3. The molecule has 1 amide bonds. The standard InChI is InChI=1S/C23H20N2O5/c1-3-20(26)25-17(23(27)28-2)11-15-14-6-4-5-7-16(14)24-21(15)22(25)13-8-9-18-19(10-13)30-12-29-18/h3-10,17,22,24H,1,11-12H2,2H3/t17-,22-/m1/s1. The number of hydrogen-bond donors (Lipinski definition) is 1. The van der Waals surface area contributed by atoms with Crippen molar-refractivity contribution in [2.45, 2.75) is 18.5 Å². The Morgan fingerprint density at radius 1 is 1.20 bits per heavy atom. The van der Waals surface area contributed by atoms with E-state index in [-0.39, 0.29) is 12.7 Å². The maximum atomic E-state index is 13.0. The van der Waals surface area contributed by atoms with Crippen molar-refractivity contribution in [2.24, 2.45) is 0 Å². The fourth-order valence-corrected chi connectivity index (χ4v) is 4.41. The third-order valence-electron chi connectivity index (χ3n) is 5.75. The third kappa shape index (κ3) is 2.66. The summed E-state index contributed by atoms with van der Waals surface area (Å²) in [6.45, 7) is 3.80. The summed E-state index contributed by atoms with van der Waals surface area (Å²) in [4.78, 5) is 30.7. The largest absolute Gasteiger partial charge is 0.467 e. The number of para-hydroxylation sites is 1. The van der Waals surface area contributed by atoms with E-state index in [9.17, 15) is 9.59 Å². The second-order valence-electron chi connectivity index (χ2n) is 7.27. The Labute approximate surface area is 172 Å². The molecule has 2 aliphatic heterocycles. The fourth-order valence-electron chi connectivity index (χ4n) is 4.41. The number of esters is 1. The molecule has 7 nitrogen and oxygen atoms in total. The predicted molar refractivity (Wildman–Crippen MR) is 109 cm³/mol. The minimum absolute atomic E-state index is 0.154. The van der Waals surface area contributed by atoms with Crippen molar-refractivity contribution in [3.05, 3.63) is 71.9 Å². The summed E-state index contributed by atoms with van der Waals surface area (Å²) in [6, 6.07) is 12.1. The Bertz CT molecular complexity index is 1180. The van der Waals surface area contributed by atoms with Crippen LogP contribution in [0.5, 0.6) is 11.5 Å². The van der Waals surface area contributed by atoms with E-state index in [2.05, 4.69) is 11.6 Å². The highest BCUT2D eigenvalue weighted by Crippen LogP contribution is 2.44. The van der Waals surface area contributed by atoms with E-state index in [1.165, 1.54) is 18.1 Å². The van der Waals surface area contributed by atoms with Gasteiger partial charge in [0.15, 0.2) is 11.5 Å². The molecule has 2 atom stereocenters. The number of aromatic amines is 1. The Morgan fingerprint density at radius 3 is 2.80 bits per heavy atom. The molecule has 3 aromatic rings. The van der Waals surface area contributed by atoms with E-state index in [4.69, 9.17) is 14.2 Å². The summed E-state index contributed by atoms with van der Waals surface area (Å²) >= 11 is 0. The van der Waals surface area contributed by atoms with Crippen molar-refractivity contribution in [3.63, 3.8) is 0 Å². The van der Waals surface area contributed by atoms with Crippen LogP contribution in [0.2, 0.25) is 0 Å². The topological polar surface area (TPSA) is 80.9 Å². The molecule has 2 aliphatic rings. The van der Waals surface area contributed by atoms with Gasteiger partial charge in [0.25, 0.3) is 0 Å². The number of H-pyrrole nitrogens is 1. The van der Waals surface area contributed by atoms with Gasteiger partial charge in [0.05, 0.1) is 13.2 Å². The molecule has 0 fully saturated rings. The van der Waals surface area contributed by atoms with Gasteiger partial charge in [-0.05, 0) is 35.4 Å². The van der Waals surface area contributed by atoms with Gasteiger partial charge in [0, 0.05) is 23.0 Å². The van der Waals surface area contributed by atoms with Crippen molar-refractivity contribution in [2.75, 3.05) is 13.9 Å². The maximum absolute atomic E-state index is 13.0. The summed E-state index contributed by atoms with van der Waals surface area (Å²) in [7, 11) is 1.33. The SMILES string of the molecule is C=CC(=O)N1[C@H](c2ccc3c(c2)OCO3)c2[nH]c3ccccc3c2C[C@@H]1C(=O)OC. The van der Waals surface area contributed by atoms with Crippen molar-refractivity contribution in [1.82, 2.24) is 9.88 Å². The van der Waals surface area contributed by atoms with E-state index >= 15 is 0 Å². The average molecular weight is 404 g/mol. The van der Waals surface area contributed by atoms with Crippen LogP contribution in [0.15, 0.2) is 55.1 Å². The Morgan fingerprint density at radius 2 is 2.00 bits per heavy atom. The van der Waals surface area contributed by atoms with Crippen LogP contribution in [0.3, 0.4) is 0 Å². The number of carbonyl (C=O) groups is 2. The van der Waals surface area contributed by atoms with Gasteiger partial charge >= 0.3 is 5.97 Å². The quantitative estimate of drug-likeness (QED) is 0.536. The molecular formula is C23H20N2O5. The highest BCUT2D eigenvalue weighted by molar-refractivity contribution is 5.94. The number of ether oxygens (including phenoxy) is 3. The molecule has 0 unspecified atom stereocenters. The number of nitrogens with zero attached hydrogens (tertiary/aromatic N) is 1. The van der Waals surface area contributed by atoms with Crippen LogP contribution in [0, 0.1) is 0 Å². The van der Waals surface area contributed by atoms with Crippen LogP contribution < -0.4 is 9.47 Å². The zero-order valence-corrected chi connectivity index (χ0v) is 16.4. The number of nitrogens with one attached hydrogen (secondary N) is 1. The Balaban J connectivity index is 1.76. The van der Waals surface area contributed by atoms with Crippen LogP contribution in [-0.4, -0.2) is 41.7 Å². The van der Waals surface area contributed by atoms with Gasteiger partial charge < -0.3 is 24.1 Å². The van der Waals surface area contributed by atoms with Gasteiger partial charge in [0.2, 0.25) is 12.7 Å². The molecule has 0 spiro atoms. The van der Waals surface area contributed by atoms with Crippen LogP contribution in [0.4, 0.5) is 0 Å². The Hall–Kier alpha value is -3.74. The molecule has 1 aromatic heterocycles. The fraction of sp³-hybridized carbons (Fsp3) is 0.217. The summed E-state index contributed by atoms with van der Waals surface area (Å²) in [5, 5.41) is 1.03. The van der Waals surface area contributed by atoms with E-state index in [1.54, 1.807) is 0 Å². The number of benzene rings is 2. The third-order valence-corrected chi connectivity index (χ3v) is 5.75. The van der Waals surface area contributed by atoms with Gasteiger partial charge in [-0.15, -0.1) is 0 Å². The molecule has 3 heterocycles.